The minimum Gasteiger partial charge on any atom is -0.342 e. The average molecular weight is 303 g/mol. The van der Waals surface area contributed by atoms with Gasteiger partial charge in [0.25, 0.3) is 0 Å². The standard InChI is InChI=1S/C14H19ClN2O.ClH/c1-9(8-16)17(2)14(18)13-7-12(13)10-4-3-5-11(15)6-10;/h3-6,9,12-13H,7-8,16H2,1-2H3;1H. The molecule has 1 aromatic carbocycles. The van der Waals surface area contributed by atoms with Crippen LogP contribution in [-0.4, -0.2) is 30.4 Å². The average Bonchev–Trinajstić information content (AvgIpc) is 3.16. The monoisotopic (exact) mass is 302 g/mol. The number of carbonyl (C=O) groups excluding carboxylic acids is 1. The Morgan fingerprint density at radius 3 is 2.84 bits per heavy atom. The van der Waals surface area contributed by atoms with Crippen LogP contribution in [0, 0.1) is 5.92 Å². The molecule has 2 rings (SSSR count). The molecule has 3 atom stereocenters. The first kappa shape index (κ1) is 16.3. The first-order valence-corrected chi connectivity index (χ1v) is 6.64. The topological polar surface area (TPSA) is 46.3 Å². The fourth-order valence-corrected chi connectivity index (χ4v) is 2.41. The number of halogens is 2. The molecule has 0 aromatic heterocycles. The third-order valence-corrected chi connectivity index (χ3v) is 3.97. The summed E-state index contributed by atoms with van der Waals surface area (Å²) in [4.78, 5) is 14.0. The Kier molecular flexibility index (Phi) is 5.65. The van der Waals surface area contributed by atoms with E-state index >= 15 is 0 Å². The van der Waals surface area contributed by atoms with E-state index in [-0.39, 0.29) is 30.3 Å². The summed E-state index contributed by atoms with van der Waals surface area (Å²) in [6.45, 7) is 2.46. The van der Waals surface area contributed by atoms with Gasteiger partial charge >= 0.3 is 0 Å². The maximum absolute atomic E-state index is 12.2. The van der Waals surface area contributed by atoms with Gasteiger partial charge in [-0.15, -0.1) is 12.4 Å². The van der Waals surface area contributed by atoms with Crippen molar-refractivity contribution in [2.75, 3.05) is 13.6 Å². The first-order valence-electron chi connectivity index (χ1n) is 6.26. The molecule has 1 fully saturated rings. The van der Waals surface area contributed by atoms with Crippen molar-refractivity contribution in [3.05, 3.63) is 34.9 Å². The lowest BCUT2D eigenvalue weighted by atomic mass is 10.1. The molecule has 0 heterocycles. The zero-order valence-corrected chi connectivity index (χ0v) is 12.7. The van der Waals surface area contributed by atoms with Crippen LogP contribution in [0.15, 0.2) is 24.3 Å². The smallest absolute Gasteiger partial charge is 0.226 e. The first-order chi connectivity index (χ1) is 8.54. The molecule has 3 nitrogen and oxygen atoms in total. The van der Waals surface area contributed by atoms with Gasteiger partial charge in [0.15, 0.2) is 0 Å². The number of hydrogen-bond donors (Lipinski definition) is 1. The molecule has 5 heteroatoms. The lowest BCUT2D eigenvalue weighted by Crippen LogP contribution is -2.40. The number of nitrogens with two attached hydrogens (primary N) is 1. The summed E-state index contributed by atoms with van der Waals surface area (Å²) in [5, 5.41) is 0.731. The molecule has 1 aliphatic rings. The Hall–Kier alpha value is -0.770. The van der Waals surface area contributed by atoms with E-state index in [1.807, 2.05) is 38.2 Å². The number of carbonyl (C=O) groups is 1. The number of likely N-dealkylation sites (N-methyl/N-ethyl adjacent to an activating group) is 1. The Balaban J connectivity index is 0.00000180. The highest BCUT2D eigenvalue weighted by atomic mass is 35.5. The normalized spacial score (nSPS) is 22.3. The molecular formula is C14H20Cl2N2O. The number of rotatable bonds is 4. The van der Waals surface area contributed by atoms with Gasteiger partial charge in [0.05, 0.1) is 0 Å². The number of nitrogens with zero attached hydrogens (tertiary/aromatic N) is 1. The van der Waals surface area contributed by atoms with Gasteiger partial charge in [-0.2, -0.15) is 0 Å². The quantitative estimate of drug-likeness (QED) is 0.929. The van der Waals surface area contributed by atoms with Crippen LogP contribution in [0.4, 0.5) is 0 Å². The lowest BCUT2D eigenvalue weighted by molar-refractivity contribution is -0.133. The summed E-state index contributed by atoms with van der Waals surface area (Å²) >= 11 is 5.97. The largest absolute Gasteiger partial charge is 0.342 e. The third-order valence-electron chi connectivity index (χ3n) is 3.73. The maximum Gasteiger partial charge on any atom is 0.226 e. The fourth-order valence-electron chi connectivity index (χ4n) is 2.21. The van der Waals surface area contributed by atoms with Crippen LogP contribution in [0.1, 0.15) is 24.8 Å². The highest BCUT2D eigenvalue weighted by molar-refractivity contribution is 6.30. The van der Waals surface area contributed by atoms with Gasteiger partial charge in [-0.05, 0) is 37.0 Å². The Morgan fingerprint density at radius 1 is 1.58 bits per heavy atom. The Morgan fingerprint density at radius 2 is 2.26 bits per heavy atom. The van der Waals surface area contributed by atoms with E-state index in [9.17, 15) is 4.79 Å². The minimum absolute atomic E-state index is 0. The molecule has 0 aliphatic heterocycles. The number of hydrogen-bond acceptors (Lipinski definition) is 2. The van der Waals surface area contributed by atoms with Crippen LogP contribution in [0.3, 0.4) is 0 Å². The molecule has 0 radical (unpaired) electrons. The van der Waals surface area contributed by atoms with Crippen LogP contribution in [0.5, 0.6) is 0 Å². The van der Waals surface area contributed by atoms with Crippen molar-refractivity contribution < 1.29 is 4.79 Å². The van der Waals surface area contributed by atoms with Crippen molar-refractivity contribution >= 4 is 29.9 Å². The minimum atomic E-state index is 0. The summed E-state index contributed by atoms with van der Waals surface area (Å²) in [5.41, 5.74) is 6.75. The van der Waals surface area contributed by atoms with Crippen LogP contribution < -0.4 is 5.73 Å². The molecular weight excluding hydrogens is 283 g/mol. The van der Waals surface area contributed by atoms with Crippen molar-refractivity contribution in [1.82, 2.24) is 4.90 Å². The van der Waals surface area contributed by atoms with Gasteiger partial charge < -0.3 is 10.6 Å². The molecule has 2 N–H and O–H groups in total. The molecule has 1 saturated carbocycles. The molecule has 19 heavy (non-hydrogen) atoms. The van der Waals surface area contributed by atoms with Gasteiger partial charge in [0.1, 0.15) is 0 Å². The molecule has 0 saturated heterocycles. The maximum atomic E-state index is 12.2. The van der Waals surface area contributed by atoms with Crippen LogP contribution in [0.2, 0.25) is 5.02 Å². The number of benzene rings is 1. The highest BCUT2D eigenvalue weighted by Gasteiger charge is 2.45. The molecule has 3 unspecified atom stereocenters. The van der Waals surface area contributed by atoms with Crippen molar-refractivity contribution in [1.29, 1.82) is 0 Å². The van der Waals surface area contributed by atoms with E-state index in [1.165, 1.54) is 0 Å². The van der Waals surface area contributed by atoms with Crippen molar-refractivity contribution in [3.8, 4) is 0 Å². The third kappa shape index (κ3) is 3.62. The Bertz CT molecular complexity index is 453. The summed E-state index contributed by atoms with van der Waals surface area (Å²) < 4.78 is 0. The van der Waals surface area contributed by atoms with E-state index in [1.54, 1.807) is 4.90 Å². The molecule has 0 bridgehead atoms. The predicted molar refractivity (Wildman–Crippen MR) is 80.8 cm³/mol. The summed E-state index contributed by atoms with van der Waals surface area (Å²) in [6.07, 6.45) is 0.917. The van der Waals surface area contributed by atoms with Gasteiger partial charge in [0, 0.05) is 30.6 Å². The van der Waals surface area contributed by atoms with E-state index in [0.29, 0.717) is 12.5 Å². The second-order valence-corrected chi connectivity index (χ2v) is 5.47. The summed E-state index contributed by atoms with van der Waals surface area (Å²) in [6, 6.07) is 7.87. The molecule has 1 aliphatic carbocycles. The van der Waals surface area contributed by atoms with Gasteiger partial charge in [-0.25, -0.2) is 0 Å². The molecule has 106 valence electrons. The van der Waals surface area contributed by atoms with Gasteiger partial charge in [0.2, 0.25) is 5.91 Å². The van der Waals surface area contributed by atoms with E-state index in [0.717, 1.165) is 17.0 Å². The highest BCUT2D eigenvalue weighted by Crippen LogP contribution is 2.48. The second kappa shape index (κ2) is 6.60. The van der Waals surface area contributed by atoms with Crippen molar-refractivity contribution in [2.45, 2.75) is 25.3 Å². The van der Waals surface area contributed by atoms with Gasteiger partial charge in [-0.3, -0.25) is 4.79 Å². The van der Waals surface area contributed by atoms with Crippen LogP contribution >= 0.6 is 24.0 Å². The van der Waals surface area contributed by atoms with Crippen molar-refractivity contribution in [2.24, 2.45) is 11.7 Å². The van der Waals surface area contributed by atoms with E-state index < -0.39 is 0 Å². The summed E-state index contributed by atoms with van der Waals surface area (Å²) in [5.74, 6) is 0.615. The molecule has 1 amide bonds. The van der Waals surface area contributed by atoms with Crippen LogP contribution in [-0.2, 0) is 4.79 Å². The zero-order valence-electron chi connectivity index (χ0n) is 11.2. The zero-order chi connectivity index (χ0) is 13.3. The van der Waals surface area contributed by atoms with E-state index in [4.69, 9.17) is 17.3 Å². The predicted octanol–water partition coefficient (Wildman–Crippen LogP) is 2.67. The SMILES string of the molecule is CC(CN)N(C)C(=O)C1CC1c1cccc(Cl)c1.Cl. The van der Waals surface area contributed by atoms with Crippen LogP contribution in [0.25, 0.3) is 0 Å². The Labute approximate surface area is 125 Å². The van der Waals surface area contributed by atoms with Crippen molar-refractivity contribution in [3.63, 3.8) is 0 Å². The summed E-state index contributed by atoms with van der Waals surface area (Å²) in [7, 11) is 1.83. The molecule has 1 aromatic rings. The second-order valence-electron chi connectivity index (χ2n) is 5.04. The fraction of sp³-hybridized carbons (Fsp3) is 0.500. The molecule has 0 spiro atoms. The van der Waals surface area contributed by atoms with E-state index in [2.05, 4.69) is 0 Å². The number of amides is 1. The lowest BCUT2D eigenvalue weighted by Gasteiger charge is -2.23. The van der Waals surface area contributed by atoms with Gasteiger partial charge in [-0.1, -0.05) is 23.7 Å².